The third-order valence-corrected chi connectivity index (χ3v) is 2.88. The third-order valence-electron chi connectivity index (χ3n) is 2.21. The summed E-state index contributed by atoms with van der Waals surface area (Å²) >= 11 is 3.16. The predicted molar refractivity (Wildman–Crippen MR) is 73.8 cm³/mol. The number of aromatic hydroxyl groups is 1. The van der Waals surface area contributed by atoms with Gasteiger partial charge in [-0.1, -0.05) is 6.08 Å². The standard InChI is InChI=1S/C13H16BrNO3/c1-2-3-7-18-8-6-15-13(17)10-4-5-11(14)12(16)9-10/h2,4-5,9,16H,1,3,6-8H2,(H,15,17). The first-order valence-corrected chi connectivity index (χ1v) is 6.40. The van der Waals surface area contributed by atoms with E-state index in [1.54, 1.807) is 18.2 Å². The van der Waals surface area contributed by atoms with Crippen LogP contribution in [0, 0.1) is 0 Å². The molecule has 0 saturated carbocycles. The SMILES string of the molecule is C=CCCOCCNC(=O)c1ccc(Br)c(O)c1. The smallest absolute Gasteiger partial charge is 0.251 e. The molecule has 1 aromatic carbocycles. The maximum atomic E-state index is 11.7. The molecule has 1 aromatic rings. The largest absolute Gasteiger partial charge is 0.507 e. The van der Waals surface area contributed by atoms with Crippen LogP contribution in [0.3, 0.4) is 0 Å². The van der Waals surface area contributed by atoms with Crippen molar-refractivity contribution in [3.05, 3.63) is 40.9 Å². The Kier molecular flexibility index (Phi) is 6.46. The van der Waals surface area contributed by atoms with Crippen molar-refractivity contribution in [3.8, 4) is 5.75 Å². The van der Waals surface area contributed by atoms with Crippen LogP contribution >= 0.6 is 15.9 Å². The summed E-state index contributed by atoms with van der Waals surface area (Å²) in [6.45, 7) is 5.09. The minimum Gasteiger partial charge on any atom is -0.507 e. The van der Waals surface area contributed by atoms with Gasteiger partial charge in [0.05, 0.1) is 17.7 Å². The average molecular weight is 314 g/mol. The number of nitrogens with one attached hydrogen (secondary N) is 1. The molecule has 0 aromatic heterocycles. The first kappa shape index (κ1) is 14.7. The highest BCUT2D eigenvalue weighted by Gasteiger charge is 2.07. The van der Waals surface area contributed by atoms with E-state index < -0.39 is 0 Å². The Balaban J connectivity index is 2.32. The van der Waals surface area contributed by atoms with Gasteiger partial charge in [-0.15, -0.1) is 6.58 Å². The number of phenolic OH excluding ortho intramolecular Hbond substituents is 1. The quantitative estimate of drug-likeness (QED) is 0.600. The van der Waals surface area contributed by atoms with Gasteiger partial charge in [-0.25, -0.2) is 0 Å². The maximum Gasteiger partial charge on any atom is 0.251 e. The van der Waals surface area contributed by atoms with Crippen LogP contribution in [-0.4, -0.2) is 30.8 Å². The molecule has 0 aliphatic carbocycles. The summed E-state index contributed by atoms with van der Waals surface area (Å²) in [5.41, 5.74) is 0.418. The summed E-state index contributed by atoms with van der Waals surface area (Å²) in [6, 6.07) is 4.68. The van der Waals surface area contributed by atoms with Gasteiger partial charge in [0, 0.05) is 12.1 Å². The Morgan fingerprint density at radius 2 is 2.28 bits per heavy atom. The van der Waals surface area contributed by atoms with E-state index in [1.165, 1.54) is 6.07 Å². The van der Waals surface area contributed by atoms with Crippen molar-refractivity contribution >= 4 is 21.8 Å². The van der Waals surface area contributed by atoms with Crippen LogP contribution in [-0.2, 0) is 4.74 Å². The van der Waals surface area contributed by atoms with E-state index >= 15 is 0 Å². The molecular weight excluding hydrogens is 298 g/mol. The number of rotatable bonds is 7. The lowest BCUT2D eigenvalue weighted by atomic mass is 10.2. The van der Waals surface area contributed by atoms with E-state index in [0.717, 1.165) is 6.42 Å². The van der Waals surface area contributed by atoms with E-state index in [9.17, 15) is 9.90 Å². The number of halogens is 1. The van der Waals surface area contributed by atoms with Gasteiger partial charge in [0.1, 0.15) is 5.75 Å². The number of phenols is 1. The molecule has 0 unspecified atom stereocenters. The molecule has 1 amide bonds. The molecule has 0 radical (unpaired) electrons. The summed E-state index contributed by atoms with van der Waals surface area (Å²) in [4.78, 5) is 11.7. The Morgan fingerprint density at radius 1 is 1.50 bits per heavy atom. The monoisotopic (exact) mass is 313 g/mol. The van der Waals surface area contributed by atoms with E-state index in [0.29, 0.717) is 29.8 Å². The van der Waals surface area contributed by atoms with Gasteiger partial charge in [-0.2, -0.15) is 0 Å². The first-order valence-electron chi connectivity index (χ1n) is 5.60. The van der Waals surface area contributed by atoms with Gasteiger partial charge < -0.3 is 15.2 Å². The van der Waals surface area contributed by atoms with Gasteiger partial charge in [0.25, 0.3) is 5.91 Å². The van der Waals surface area contributed by atoms with Crippen molar-refractivity contribution < 1.29 is 14.6 Å². The molecule has 4 nitrogen and oxygen atoms in total. The zero-order chi connectivity index (χ0) is 13.4. The molecule has 0 spiro atoms. The van der Waals surface area contributed by atoms with Crippen LogP contribution in [0.15, 0.2) is 35.3 Å². The summed E-state index contributed by atoms with van der Waals surface area (Å²) in [5, 5.41) is 12.2. The number of amides is 1. The molecule has 0 bridgehead atoms. The lowest BCUT2D eigenvalue weighted by Gasteiger charge is -2.06. The normalized spacial score (nSPS) is 10.1. The third kappa shape index (κ3) is 4.89. The molecule has 0 aliphatic rings. The van der Waals surface area contributed by atoms with E-state index in [-0.39, 0.29) is 11.7 Å². The van der Waals surface area contributed by atoms with E-state index in [4.69, 9.17) is 4.74 Å². The number of hydrogen-bond acceptors (Lipinski definition) is 3. The van der Waals surface area contributed by atoms with Crippen LogP contribution in [0.4, 0.5) is 0 Å². The lowest BCUT2D eigenvalue weighted by molar-refractivity contribution is 0.0917. The molecule has 0 saturated heterocycles. The van der Waals surface area contributed by atoms with Crippen LogP contribution < -0.4 is 5.32 Å². The highest BCUT2D eigenvalue weighted by molar-refractivity contribution is 9.10. The molecule has 5 heteroatoms. The van der Waals surface area contributed by atoms with Crippen molar-refractivity contribution in [3.63, 3.8) is 0 Å². The molecule has 2 N–H and O–H groups in total. The second-order valence-electron chi connectivity index (χ2n) is 3.61. The van der Waals surface area contributed by atoms with Crippen LogP contribution in [0.5, 0.6) is 5.75 Å². The number of hydrogen-bond donors (Lipinski definition) is 2. The fourth-order valence-corrected chi connectivity index (χ4v) is 1.51. The van der Waals surface area contributed by atoms with Gasteiger partial charge in [-0.3, -0.25) is 4.79 Å². The minimum absolute atomic E-state index is 0.0462. The number of carbonyl (C=O) groups excluding carboxylic acids is 1. The van der Waals surface area contributed by atoms with Gasteiger partial charge >= 0.3 is 0 Å². The molecular formula is C13H16BrNO3. The topological polar surface area (TPSA) is 58.6 Å². The fourth-order valence-electron chi connectivity index (χ4n) is 1.26. The predicted octanol–water partition coefficient (Wildman–Crippen LogP) is 2.48. The summed E-state index contributed by atoms with van der Waals surface area (Å²) in [7, 11) is 0. The second kappa shape index (κ2) is 7.89. The van der Waals surface area contributed by atoms with Crippen molar-refractivity contribution in [2.75, 3.05) is 19.8 Å². The van der Waals surface area contributed by atoms with Crippen LogP contribution in [0.25, 0.3) is 0 Å². The molecule has 0 atom stereocenters. The summed E-state index contributed by atoms with van der Waals surface area (Å²) in [6.07, 6.45) is 2.58. The van der Waals surface area contributed by atoms with E-state index in [1.807, 2.05) is 0 Å². The van der Waals surface area contributed by atoms with Gasteiger partial charge in [-0.05, 0) is 40.5 Å². The van der Waals surface area contributed by atoms with Crippen molar-refractivity contribution in [2.45, 2.75) is 6.42 Å². The lowest BCUT2D eigenvalue weighted by Crippen LogP contribution is -2.27. The average Bonchev–Trinajstić information content (AvgIpc) is 2.36. The Hall–Kier alpha value is -1.33. The maximum absolute atomic E-state index is 11.7. The minimum atomic E-state index is -0.231. The fraction of sp³-hybridized carbons (Fsp3) is 0.308. The molecule has 18 heavy (non-hydrogen) atoms. The van der Waals surface area contributed by atoms with Crippen molar-refractivity contribution in [1.82, 2.24) is 5.32 Å². The van der Waals surface area contributed by atoms with Crippen molar-refractivity contribution in [1.29, 1.82) is 0 Å². The molecule has 1 rings (SSSR count). The van der Waals surface area contributed by atoms with Gasteiger partial charge in [0.2, 0.25) is 0 Å². The highest BCUT2D eigenvalue weighted by atomic mass is 79.9. The molecule has 0 heterocycles. The number of benzene rings is 1. The van der Waals surface area contributed by atoms with Gasteiger partial charge in [0.15, 0.2) is 0 Å². The number of carbonyl (C=O) groups is 1. The van der Waals surface area contributed by atoms with Crippen molar-refractivity contribution in [2.24, 2.45) is 0 Å². The number of ether oxygens (including phenoxy) is 1. The molecule has 98 valence electrons. The first-order chi connectivity index (χ1) is 8.65. The molecule has 0 aliphatic heterocycles. The zero-order valence-electron chi connectivity index (χ0n) is 9.99. The van der Waals surface area contributed by atoms with Crippen LogP contribution in [0.1, 0.15) is 16.8 Å². The summed E-state index contributed by atoms with van der Waals surface area (Å²) in [5.74, 6) is -0.185. The Bertz CT molecular complexity index is 421. The van der Waals surface area contributed by atoms with Crippen LogP contribution in [0.2, 0.25) is 0 Å². The Morgan fingerprint density at radius 3 is 2.94 bits per heavy atom. The molecule has 0 fully saturated rings. The Labute approximate surface area is 115 Å². The van der Waals surface area contributed by atoms with E-state index in [2.05, 4.69) is 27.8 Å². The highest BCUT2D eigenvalue weighted by Crippen LogP contribution is 2.24. The second-order valence-corrected chi connectivity index (χ2v) is 4.47. The zero-order valence-corrected chi connectivity index (χ0v) is 11.6. The summed E-state index contributed by atoms with van der Waals surface area (Å²) < 4.78 is 5.82.